The van der Waals surface area contributed by atoms with E-state index in [1.165, 1.54) is 48.5 Å². The van der Waals surface area contributed by atoms with Crippen LogP contribution in [0.5, 0.6) is 23.0 Å². The highest BCUT2D eigenvalue weighted by atomic mass is 16.7. The van der Waals surface area contributed by atoms with Gasteiger partial charge in [-0.25, -0.2) is 19.2 Å². The van der Waals surface area contributed by atoms with Gasteiger partial charge >= 0.3 is 23.9 Å². The quantitative estimate of drug-likeness (QED) is 0.0698. The van der Waals surface area contributed by atoms with Gasteiger partial charge in [0.1, 0.15) is 23.0 Å². The molecular formula is C38H27NO10. The first-order valence-corrected chi connectivity index (χ1v) is 14.6. The molecule has 0 aromatic heterocycles. The summed E-state index contributed by atoms with van der Waals surface area (Å²) in [7, 11) is 0. The number of fused-ring (bicyclic) bond motifs is 1. The first kappa shape index (κ1) is 33.4. The third-order valence-corrected chi connectivity index (χ3v) is 7.12. The van der Waals surface area contributed by atoms with E-state index in [9.17, 15) is 24.4 Å². The Morgan fingerprint density at radius 3 is 1.65 bits per heavy atom. The second-order valence-corrected chi connectivity index (χ2v) is 10.2. The van der Waals surface area contributed by atoms with Crippen LogP contribution in [0.4, 0.5) is 0 Å². The minimum absolute atomic E-state index is 0.236. The zero-order valence-electron chi connectivity index (χ0n) is 25.9. The molecule has 0 saturated carbocycles. The van der Waals surface area contributed by atoms with Gasteiger partial charge in [-0.05, 0) is 90.0 Å². The normalized spacial score (nSPS) is 11.1. The molecule has 0 atom stereocenters. The van der Waals surface area contributed by atoms with Crippen molar-refractivity contribution in [3.8, 4) is 29.1 Å². The number of esters is 4. The van der Waals surface area contributed by atoms with Crippen LogP contribution in [0.25, 0.3) is 11.6 Å². The van der Waals surface area contributed by atoms with E-state index in [4.69, 9.17) is 28.4 Å². The van der Waals surface area contributed by atoms with Crippen molar-refractivity contribution in [1.82, 2.24) is 0 Å². The Labute approximate surface area is 280 Å². The zero-order valence-corrected chi connectivity index (χ0v) is 25.9. The van der Waals surface area contributed by atoms with Gasteiger partial charge in [-0.3, -0.25) is 0 Å². The predicted molar refractivity (Wildman–Crippen MR) is 176 cm³/mol. The Bertz CT molecular complexity index is 1990. The van der Waals surface area contributed by atoms with Gasteiger partial charge in [-0.15, -0.1) is 0 Å². The standard InChI is InChI=1S/C38H27NO10/c1-3-35(40)46-22-44-29-13-9-26(10-14-29)37(42)48-33-17-18-34(32-20-28(19-31(32)33)25-7-5-24(21-39)6-8-25)49-38(43)27-11-15-30(16-12-27)45-23-47-36(41)4-2/h3-19H,1-2,20,22-23H2. The van der Waals surface area contributed by atoms with Crippen LogP contribution < -0.4 is 18.9 Å². The summed E-state index contributed by atoms with van der Waals surface area (Å²) >= 11 is 0. The van der Waals surface area contributed by atoms with Crippen LogP contribution in [-0.2, 0) is 25.5 Å². The second kappa shape index (κ2) is 15.6. The van der Waals surface area contributed by atoms with Gasteiger partial charge in [0.05, 0.1) is 22.8 Å². The van der Waals surface area contributed by atoms with Gasteiger partial charge in [0.25, 0.3) is 0 Å². The first-order valence-electron chi connectivity index (χ1n) is 14.6. The number of allylic oxidation sites excluding steroid dienone is 1. The molecule has 4 aromatic carbocycles. The SMILES string of the molecule is C=CC(=O)OCOc1ccc(C(=O)Oc2ccc(OC(=O)c3ccc(OCOC(=O)C=C)cc3)c3c2C=C(c2ccc(C#N)cc2)C3)cc1. The maximum absolute atomic E-state index is 13.2. The average molecular weight is 658 g/mol. The van der Waals surface area contributed by atoms with E-state index >= 15 is 0 Å². The maximum atomic E-state index is 13.2. The van der Waals surface area contributed by atoms with E-state index in [2.05, 4.69) is 19.2 Å². The first-order chi connectivity index (χ1) is 23.8. The smallest absolute Gasteiger partial charge is 0.343 e. The van der Waals surface area contributed by atoms with Crippen molar-refractivity contribution in [3.63, 3.8) is 0 Å². The molecule has 5 rings (SSSR count). The number of carbonyl (C=O) groups excluding carboxylic acids is 4. The molecule has 1 aliphatic rings. The molecular weight excluding hydrogens is 630 g/mol. The summed E-state index contributed by atoms with van der Waals surface area (Å²) in [5.74, 6) is -1.27. The molecule has 49 heavy (non-hydrogen) atoms. The van der Waals surface area contributed by atoms with Crippen molar-refractivity contribution in [2.45, 2.75) is 6.42 Å². The number of carbonyl (C=O) groups is 4. The van der Waals surface area contributed by atoms with Gasteiger partial charge in [0.15, 0.2) is 0 Å². The summed E-state index contributed by atoms with van der Waals surface area (Å²) in [5.41, 5.74) is 3.86. The highest BCUT2D eigenvalue weighted by Crippen LogP contribution is 2.42. The molecule has 0 bridgehead atoms. The Morgan fingerprint density at radius 2 is 1.16 bits per heavy atom. The number of hydrogen-bond acceptors (Lipinski definition) is 11. The Hall–Kier alpha value is -6.93. The lowest BCUT2D eigenvalue weighted by Crippen LogP contribution is -2.12. The fraction of sp³-hybridized carbons (Fsp3) is 0.0789. The van der Waals surface area contributed by atoms with Crippen molar-refractivity contribution in [2.75, 3.05) is 13.6 Å². The lowest BCUT2D eigenvalue weighted by molar-refractivity contribution is -0.145. The third kappa shape index (κ3) is 8.46. The summed E-state index contributed by atoms with van der Waals surface area (Å²) in [5, 5.41) is 9.21. The van der Waals surface area contributed by atoms with Gasteiger partial charge < -0.3 is 28.4 Å². The van der Waals surface area contributed by atoms with Crippen LogP contribution in [0, 0.1) is 11.3 Å². The van der Waals surface area contributed by atoms with E-state index in [0.717, 1.165) is 23.3 Å². The molecule has 244 valence electrons. The molecule has 0 unspecified atom stereocenters. The minimum Gasteiger partial charge on any atom is -0.457 e. The molecule has 0 heterocycles. The largest absolute Gasteiger partial charge is 0.457 e. The van der Waals surface area contributed by atoms with Gasteiger partial charge in [0, 0.05) is 29.7 Å². The summed E-state index contributed by atoms with van der Waals surface area (Å²) < 4.78 is 31.9. The molecule has 4 aromatic rings. The predicted octanol–water partition coefficient (Wildman–Crippen LogP) is 6.22. The fourth-order valence-electron chi connectivity index (χ4n) is 4.63. The minimum atomic E-state index is -0.640. The van der Waals surface area contributed by atoms with Gasteiger partial charge in [-0.1, -0.05) is 25.3 Å². The van der Waals surface area contributed by atoms with Gasteiger partial charge in [0.2, 0.25) is 13.6 Å². The highest BCUT2D eigenvalue weighted by molar-refractivity contribution is 5.96. The van der Waals surface area contributed by atoms with Crippen LogP contribution in [0.15, 0.2) is 110 Å². The number of benzene rings is 4. The van der Waals surface area contributed by atoms with E-state index in [1.807, 2.05) is 18.2 Å². The molecule has 1 aliphatic carbocycles. The maximum Gasteiger partial charge on any atom is 0.343 e. The average Bonchev–Trinajstić information content (AvgIpc) is 3.59. The number of ether oxygens (including phenoxy) is 6. The van der Waals surface area contributed by atoms with Gasteiger partial charge in [-0.2, -0.15) is 5.26 Å². The van der Waals surface area contributed by atoms with Crippen LogP contribution >= 0.6 is 0 Å². The third-order valence-electron chi connectivity index (χ3n) is 7.12. The highest BCUT2D eigenvalue weighted by Gasteiger charge is 2.25. The van der Waals surface area contributed by atoms with Crippen molar-refractivity contribution >= 4 is 35.5 Å². The summed E-state index contributed by atoms with van der Waals surface area (Å²) in [6.07, 6.45) is 4.24. The number of rotatable bonds is 13. The molecule has 11 nitrogen and oxygen atoms in total. The second-order valence-electron chi connectivity index (χ2n) is 10.2. The van der Waals surface area contributed by atoms with Crippen molar-refractivity contribution in [3.05, 3.63) is 144 Å². The molecule has 0 spiro atoms. The van der Waals surface area contributed by atoms with E-state index in [0.29, 0.717) is 34.6 Å². The van der Waals surface area contributed by atoms with Crippen molar-refractivity contribution in [1.29, 1.82) is 5.26 Å². The van der Waals surface area contributed by atoms with E-state index in [-0.39, 0.29) is 36.2 Å². The van der Waals surface area contributed by atoms with E-state index < -0.39 is 23.9 Å². The monoisotopic (exact) mass is 657 g/mol. The Kier molecular flexibility index (Phi) is 10.6. The molecule has 0 fully saturated rings. The lowest BCUT2D eigenvalue weighted by Gasteiger charge is -2.14. The molecule has 0 aliphatic heterocycles. The topological polar surface area (TPSA) is 147 Å². The molecule has 0 radical (unpaired) electrons. The Morgan fingerprint density at radius 1 is 0.673 bits per heavy atom. The van der Waals surface area contributed by atoms with Crippen molar-refractivity contribution in [2.24, 2.45) is 0 Å². The number of nitrogens with zero attached hydrogens (tertiary/aromatic N) is 1. The fourth-order valence-corrected chi connectivity index (χ4v) is 4.63. The summed E-state index contributed by atoms with van der Waals surface area (Å²) in [6.45, 7) is 5.98. The molecule has 11 heteroatoms. The summed E-state index contributed by atoms with van der Waals surface area (Å²) in [6, 6.07) is 24.4. The Balaban J connectivity index is 1.34. The lowest BCUT2D eigenvalue weighted by atomic mass is 10.0. The van der Waals surface area contributed by atoms with Crippen LogP contribution in [0.1, 0.15) is 43.0 Å². The molecule has 0 amide bonds. The summed E-state index contributed by atoms with van der Waals surface area (Å²) in [4.78, 5) is 48.7. The molecule has 0 saturated heterocycles. The number of nitriles is 1. The zero-order chi connectivity index (χ0) is 34.8. The van der Waals surface area contributed by atoms with Crippen LogP contribution in [0.2, 0.25) is 0 Å². The molecule has 0 N–H and O–H groups in total. The van der Waals surface area contributed by atoms with E-state index in [1.54, 1.807) is 24.3 Å². The van der Waals surface area contributed by atoms with Crippen molar-refractivity contribution < 1.29 is 47.6 Å². The van der Waals surface area contributed by atoms with Crippen LogP contribution in [0.3, 0.4) is 0 Å². The van der Waals surface area contributed by atoms with Crippen LogP contribution in [-0.4, -0.2) is 37.5 Å². The number of hydrogen-bond donors (Lipinski definition) is 0.